The van der Waals surface area contributed by atoms with Crippen LogP contribution in [0.1, 0.15) is 26.7 Å². The highest BCUT2D eigenvalue weighted by Crippen LogP contribution is 2.26. The van der Waals surface area contributed by atoms with Gasteiger partial charge in [0.05, 0.1) is 6.54 Å². The SMILES string of the molecule is CC(=O)NCC(=O)NCC1(C)CCNCC1. The van der Waals surface area contributed by atoms with Gasteiger partial charge >= 0.3 is 0 Å². The third kappa shape index (κ3) is 4.61. The molecule has 2 amide bonds. The highest BCUT2D eigenvalue weighted by atomic mass is 16.2. The summed E-state index contributed by atoms with van der Waals surface area (Å²) in [5.41, 5.74) is 0.192. The van der Waals surface area contributed by atoms with Crippen molar-refractivity contribution in [2.45, 2.75) is 26.7 Å². The predicted molar refractivity (Wildman–Crippen MR) is 61.9 cm³/mol. The second-order valence-corrected chi connectivity index (χ2v) is 4.75. The molecule has 1 aliphatic heterocycles. The third-order valence-corrected chi connectivity index (χ3v) is 3.02. The van der Waals surface area contributed by atoms with Gasteiger partial charge in [0.2, 0.25) is 11.8 Å². The number of carbonyl (C=O) groups excluding carboxylic acids is 2. The van der Waals surface area contributed by atoms with E-state index in [2.05, 4.69) is 22.9 Å². The highest BCUT2D eigenvalue weighted by molar-refractivity contribution is 5.83. The zero-order valence-corrected chi connectivity index (χ0v) is 10.1. The lowest BCUT2D eigenvalue weighted by molar-refractivity contribution is -0.125. The standard InChI is InChI=1S/C11H21N3O2/c1-9(15)13-7-10(16)14-8-11(2)3-5-12-6-4-11/h12H,3-8H2,1-2H3,(H,13,15)(H,14,16). The number of rotatable bonds is 4. The molecule has 5 heteroatoms. The lowest BCUT2D eigenvalue weighted by Crippen LogP contribution is -2.45. The molecule has 0 bridgehead atoms. The van der Waals surface area contributed by atoms with Gasteiger partial charge in [0.1, 0.15) is 0 Å². The molecule has 3 N–H and O–H groups in total. The summed E-state index contributed by atoms with van der Waals surface area (Å²) in [5, 5.41) is 8.65. The Kier molecular flexibility index (Phi) is 4.73. The average molecular weight is 227 g/mol. The van der Waals surface area contributed by atoms with Gasteiger partial charge in [-0.1, -0.05) is 6.92 Å². The smallest absolute Gasteiger partial charge is 0.239 e. The van der Waals surface area contributed by atoms with Gasteiger partial charge in [-0.2, -0.15) is 0 Å². The van der Waals surface area contributed by atoms with Crippen molar-refractivity contribution in [3.63, 3.8) is 0 Å². The first-order valence-corrected chi connectivity index (χ1v) is 5.74. The van der Waals surface area contributed by atoms with Gasteiger partial charge in [0, 0.05) is 13.5 Å². The molecule has 5 nitrogen and oxygen atoms in total. The van der Waals surface area contributed by atoms with E-state index in [4.69, 9.17) is 0 Å². The fraction of sp³-hybridized carbons (Fsp3) is 0.818. The lowest BCUT2D eigenvalue weighted by atomic mass is 9.81. The molecule has 0 aromatic carbocycles. The summed E-state index contributed by atoms with van der Waals surface area (Å²) in [5.74, 6) is -0.293. The van der Waals surface area contributed by atoms with Crippen LogP contribution in [0.15, 0.2) is 0 Å². The van der Waals surface area contributed by atoms with Crippen molar-refractivity contribution in [1.29, 1.82) is 0 Å². The van der Waals surface area contributed by atoms with E-state index in [-0.39, 0.29) is 23.8 Å². The minimum Gasteiger partial charge on any atom is -0.354 e. The van der Waals surface area contributed by atoms with Crippen LogP contribution in [0.5, 0.6) is 0 Å². The van der Waals surface area contributed by atoms with Crippen LogP contribution in [-0.2, 0) is 9.59 Å². The van der Waals surface area contributed by atoms with Crippen LogP contribution in [0.25, 0.3) is 0 Å². The lowest BCUT2D eigenvalue weighted by Gasteiger charge is -2.34. The van der Waals surface area contributed by atoms with Gasteiger partial charge in [-0.15, -0.1) is 0 Å². The molecule has 1 rings (SSSR count). The molecule has 0 aromatic heterocycles. The Morgan fingerprint density at radius 1 is 1.25 bits per heavy atom. The maximum absolute atomic E-state index is 11.4. The Balaban J connectivity index is 2.22. The largest absolute Gasteiger partial charge is 0.354 e. The van der Waals surface area contributed by atoms with Crippen LogP contribution in [0, 0.1) is 5.41 Å². The van der Waals surface area contributed by atoms with Gasteiger partial charge in [0.25, 0.3) is 0 Å². The Bertz CT molecular complexity index is 260. The first-order valence-electron chi connectivity index (χ1n) is 5.74. The molecule has 0 spiro atoms. The quantitative estimate of drug-likeness (QED) is 0.613. The molecule has 0 radical (unpaired) electrons. The topological polar surface area (TPSA) is 70.2 Å². The summed E-state index contributed by atoms with van der Waals surface area (Å²) in [6, 6.07) is 0. The van der Waals surface area contributed by atoms with Crippen LogP contribution < -0.4 is 16.0 Å². The molecule has 92 valence electrons. The number of hydrogen-bond acceptors (Lipinski definition) is 3. The van der Waals surface area contributed by atoms with Crippen molar-refractivity contribution < 1.29 is 9.59 Å². The van der Waals surface area contributed by atoms with Crippen LogP contribution in [-0.4, -0.2) is 38.0 Å². The van der Waals surface area contributed by atoms with Gasteiger partial charge in [-0.05, 0) is 31.3 Å². The Morgan fingerprint density at radius 3 is 2.44 bits per heavy atom. The van der Waals surface area contributed by atoms with E-state index >= 15 is 0 Å². The number of amides is 2. The molecule has 1 saturated heterocycles. The van der Waals surface area contributed by atoms with E-state index in [0.29, 0.717) is 6.54 Å². The summed E-state index contributed by atoms with van der Waals surface area (Å²) in [4.78, 5) is 22.0. The fourth-order valence-corrected chi connectivity index (χ4v) is 1.79. The number of hydrogen-bond donors (Lipinski definition) is 3. The molecule has 0 atom stereocenters. The Labute approximate surface area is 96.4 Å². The maximum Gasteiger partial charge on any atom is 0.239 e. The van der Waals surface area contributed by atoms with E-state index in [1.165, 1.54) is 6.92 Å². The Hall–Kier alpha value is -1.10. The Morgan fingerprint density at radius 2 is 1.88 bits per heavy atom. The van der Waals surface area contributed by atoms with Crippen molar-refractivity contribution in [3.8, 4) is 0 Å². The summed E-state index contributed by atoms with van der Waals surface area (Å²) in [6.07, 6.45) is 2.15. The van der Waals surface area contributed by atoms with Crippen LogP contribution in [0.2, 0.25) is 0 Å². The molecule has 0 saturated carbocycles. The summed E-state index contributed by atoms with van der Waals surface area (Å²) >= 11 is 0. The summed E-state index contributed by atoms with van der Waals surface area (Å²) in [7, 11) is 0. The molecule has 0 aromatic rings. The predicted octanol–water partition coefficient (Wildman–Crippen LogP) is -0.372. The zero-order chi connectivity index (χ0) is 12.0. The molecule has 1 aliphatic rings. The monoisotopic (exact) mass is 227 g/mol. The highest BCUT2D eigenvalue weighted by Gasteiger charge is 2.26. The van der Waals surface area contributed by atoms with Crippen LogP contribution in [0.4, 0.5) is 0 Å². The van der Waals surface area contributed by atoms with E-state index in [9.17, 15) is 9.59 Å². The number of nitrogens with one attached hydrogen (secondary N) is 3. The minimum absolute atomic E-state index is 0.0731. The van der Waals surface area contributed by atoms with Crippen LogP contribution in [0.3, 0.4) is 0 Å². The maximum atomic E-state index is 11.4. The van der Waals surface area contributed by atoms with Crippen molar-refractivity contribution >= 4 is 11.8 Å². The molecule has 16 heavy (non-hydrogen) atoms. The number of carbonyl (C=O) groups is 2. The third-order valence-electron chi connectivity index (χ3n) is 3.02. The van der Waals surface area contributed by atoms with E-state index in [1.54, 1.807) is 0 Å². The van der Waals surface area contributed by atoms with Gasteiger partial charge in [-0.25, -0.2) is 0 Å². The second-order valence-electron chi connectivity index (χ2n) is 4.75. The van der Waals surface area contributed by atoms with Crippen molar-refractivity contribution in [1.82, 2.24) is 16.0 Å². The first-order chi connectivity index (χ1) is 7.52. The van der Waals surface area contributed by atoms with Crippen LogP contribution >= 0.6 is 0 Å². The second kappa shape index (κ2) is 5.84. The van der Waals surface area contributed by atoms with Crippen molar-refractivity contribution in [3.05, 3.63) is 0 Å². The van der Waals surface area contributed by atoms with Crippen molar-refractivity contribution in [2.24, 2.45) is 5.41 Å². The van der Waals surface area contributed by atoms with Gasteiger partial charge in [0.15, 0.2) is 0 Å². The molecule has 0 unspecified atom stereocenters. The zero-order valence-electron chi connectivity index (χ0n) is 10.1. The first kappa shape index (κ1) is 13.0. The van der Waals surface area contributed by atoms with E-state index in [0.717, 1.165) is 25.9 Å². The van der Waals surface area contributed by atoms with Crippen molar-refractivity contribution in [2.75, 3.05) is 26.2 Å². The molecular weight excluding hydrogens is 206 g/mol. The average Bonchev–Trinajstić information content (AvgIpc) is 2.25. The molecule has 0 aliphatic carbocycles. The van der Waals surface area contributed by atoms with Gasteiger partial charge < -0.3 is 16.0 Å². The van der Waals surface area contributed by atoms with Gasteiger partial charge in [-0.3, -0.25) is 9.59 Å². The molecular formula is C11H21N3O2. The normalized spacial score (nSPS) is 18.9. The van der Waals surface area contributed by atoms with E-state index in [1.807, 2.05) is 0 Å². The molecule has 1 fully saturated rings. The fourth-order valence-electron chi connectivity index (χ4n) is 1.79. The minimum atomic E-state index is -0.178. The summed E-state index contributed by atoms with van der Waals surface area (Å²) < 4.78 is 0. The number of piperidine rings is 1. The molecule has 1 heterocycles. The summed E-state index contributed by atoms with van der Waals surface area (Å²) in [6.45, 7) is 6.38. The van der Waals surface area contributed by atoms with E-state index < -0.39 is 0 Å².